The molecule has 10 heteroatoms. The molecule has 0 aliphatic heterocycles. The SMILES string of the molecule is O=C(NCc1ccc(F)c(-c2cnn(-c3ccc(F)cc3)c2)c1)c1ncnc2nc(C3CCCC3)[nH]c12. The number of aromatic amines is 1. The Labute approximate surface area is 210 Å². The molecule has 3 heterocycles. The number of carbonyl (C=O) groups is 1. The standard InChI is InChI=1S/C27H23F2N7O/c28-19-6-8-20(9-7-19)36-14-18(13-33-36)21-11-16(5-10-22(21)29)12-30-27(37)24-23-26(32-15-31-24)35-25(34-23)17-3-1-2-4-17/h5-11,13-15,17H,1-4,12H2,(H,30,37)(H,31,32,34,35). The maximum Gasteiger partial charge on any atom is 0.272 e. The Hall–Kier alpha value is -4.47. The van der Waals surface area contributed by atoms with Crippen molar-refractivity contribution in [3.05, 3.63) is 89.9 Å². The summed E-state index contributed by atoms with van der Waals surface area (Å²) in [5, 5.41) is 7.14. The van der Waals surface area contributed by atoms with Crippen molar-refractivity contribution in [3.8, 4) is 16.8 Å². The molecule has 1 amide bonds. The molecular formula is C27H23F2N7O. The van der Waals surface area contributed by atoms with E-state index < -0.39 is 5.82 Å². The molecule has 2 N–H and O–H groups in total. The van der Waals surface area contributed by atoms with Crippen LogP contribution in [-0.2, 0) is 6.54 Å². The molecule has 3 aromatic heterocycles. The van der Waals surface area contributed by atoms with E-state index in [1.165, 1.54) is 37.4 Å². The highest BCUT2D eigenvalue weighted by molar-refractivity contribution is 6.02. The molecule has 37 heavy (non-hydrogen) atoms. The first-order chi connectivity index (χ1) is 18.0. The number of hydrogen-bond acceptors (Lipinski definition) is 5. The Kier molecular flexibility index (Phi) is 5.91. The van der Waals surface area contributed by atoms with Crippen LogP contribution in [0.1, 0.15) is 53.5 Å². The molecule has 0 bridgehead atoms. The fraction of sp³-hybridized carbons (Fsp3) is 0.222. The van der Waals surface area contributed by atoms with Gasteiger partial charge in [0.05, 0.1) is 11.9 Å². The summed E-state index contributed by atoms with van der Waals surface area (Å²) in [5.41, 5.74) is 3.50. The summed E-state index contributed by atoms with van der Waals surface area (Å²) in [4.78, 5) is 29.3. The van der Waals surface area contributed by atoms with Gasteiger partial charge in [-0.1, -0.05) is 18.9 Å². The zero-order chi connectivity index (χ0) is 25.4. The molecular weight excluding hydrogens is 476 g/mol. The lowest BCUT2D eigenvalue weighted by atomic mass is 10.1. The average molecular weight is 500 g/mol. The number of nitrogens with zero attached hydrogens (tertiary/aromatic N) is 5. The Bertz CT molecular complexity index is 1590. The van der Waals surface area contributed by atoms with Gasteiger partial charge in [-0.25, -0.2) is 28.4 Å². The van der Waals surface area contributed by atoms with Crippen molar-refractivity contribution >= 4 is 17.1 Å². The smallest absolute Gasteiger partial charge is 0.272 e. The molecule has 0 radical (unpaired) electrons. The van der Waals surface area contributed by atoms with Crippen molar-refractivity contribution in [2.24, 2.45) is 0 Å². The van der Waals surface area contributed by atoms with Crippen molar-refractivity contribution in [2.75, 3.05) is 0 Å². The first-order valence-electron chi connectivity index (χ1n) is 12.1. The second-order valence-electron chi connectivity index (χ2n) is 9.17. The van der Waals surface area contributed by atoms with Crippen LogP contribution in [0.3, 0.4) is 0 Å². The maximum absolute atomic E-state index is 14.7. The van der Waals surface area contributed by atoms with Gasteiger partial charge >= 0.3 is 0 Å². The van der Waals surface area contributed by atoms with Gasteiger partial charge in [0.25, 0.3) is 5.91 Å². The Morgan fingerprint density at radius 1 is 1.08 bits per heavy atom. The highest BCUT2D eigenvalue weighted by Gasteiger charge is 2.23. The first-order valence-corrected chi connectivity index (χ1v) is 12.1. The summed E-state index contributed by atoms with van der Waals surface area (Å²) in [6.45, 7) is 0.174. The quantitative estimate of drug-likeness (QED) is 0.340. The van der Waals surface area contributed by atoms with Crippen molar-refractivity contribution in [2.45, 2.75) is 38.1 Å². The van der Waals surface area contributed by atoms with E-state index in [0.29, 0.717) is 39.5 Å². The predicted molar refractivity (Wildman–Crippen MR) is 133 cm³/mol. The molecule has 1 aliphatic rings. The van der Waals surface area contributed by atoms with Crippen LogP contribution in [-0.4, -0.2) is 35.6 Å². The van der Waals surface area contributed by atoms with Gasteiger partial charge in [-0.3, -0.25) is 4.79 Å². The van der Waals surface area contributed by atoms with E-state index >= 15 is 0 Å². The minimum absolute atomic E-state index is 0.174. The zero-order valence-corrected chi connectivity index (χ0v) is 19.8. The molecule has 5 aromatic rings. The molecule has 0 unspecified atom stereocenters. The summed E-state index contributed by atoms with van der Waals surface area (Å²) < 4.78 is 29.5. The first kappa shape index (κ1) is 23.0. The number of benzene rings is 2. The van der Waals surface area contributed by atoms with Crippen molar-refractivity contribution < 1.29 is 13.6 Å². The number of imidazole rings is 1. The van der Waals surface area contributed by atoms with Crippen LogP contribution >= 0.6 is 0 Å². The van der Waals surface area contributed by atoms with E-state index in [9.17, 15) is 13.6 Å². The number of halogens is 2. The summed E-state index contributed by atoms with van der Waals surface area (Å²) in [6, 6.07) is 10.5. The minimum atomic E-state index is -0.414. The van der Waals surface area contributed by atoms with Crippen LogP contribution in [0.2, 0.25) is 0 Å². The zero-order valence-electron chi connectivity index (χ0n) is 19.8. The predicted octanol–water partition coefficient (Wildman–Crippen LogP) is 5.07. The van der Waals surface area contributed by atoms with Gasteiger partial charge in [0.2, 0.25) is 0 Å². The van der Waals surface area contributed by atoms with Gasteiger partial charge in [0, 0.05) is 29.8 Å². The third kappa shape index (κ3) is 4.57. The number of nitrogens with one attached hydrogen (secondary N) is 2. The normalized spacial score (nSPS) is 13.9. The van der Waals surface area contributed by atoms with E-state index in [2.05, 4.69) is 30.4 Å². The highest BCUT2D eigenvalue weighted by atomic mass is 19.1. The molecule has 0 saturated heterocycles. The lowest BCUT2D eigenvalue weighted by molar-refractivity contribution is 0.0947. The largest absolute Gasteiger partial charge is 0.347 e. The summed E-state index contributed by atoms with van der Waals surface area (Å²) in [7, 11) is 0. The monoisotopic (exact) mass is 499 g/mol. The Morgan fingerprint density at radius 2 is 1.89 bits per heavy atom. The molecule has 1 aliphatic carbocycles. The number of fused-ring (bicyclic) bond motifs is 1. The summed E-state index contributed by atoms with van der Waals surface area (Å²) in [6.07, 6.45) is 9.05. The van der Waals surface area contributed by atoms with Crippen LogP contribution < -0.4 is 5.32 Å². The molecule has 186 valence electrons. The lowest BCUT2D eigenvalue weighted by Gasteiger charge is -2.08. The number of carbonyl (C=O) groups excluding carboxylic acids is 1. The average Bonchev–Trinajstić information content (AvgIpc) is 3.69. The van der Waals surface area contributed by atoms with Crippen molar-refractivity contribution in [1.82, 2.24) is 35.0 Å². The van der Waals surface area contributed by atoms with Crippen molar-refractivity contribution in [3.63, 3.8) is 0 Å². The second kappa shape index (κ2) is 9.53. The Morgan fingerprint density at radius 3 is 2.70 bits per heavy atom. The van der Waals surface area contributed by atoms with Crippen LogP contribution in [0.5, 0.6) is 0 Å². The van der Waals surface area contributed by atoms with E-state index in [1.807, 2.05) is 0 Å². The molecule has 0 spiro atoms. The fourth-order valence-corrected chi connectivity index (χ4v) is 4.78. The van der Waals surface area contributed by atoms with E-state index in [0.717, 1.165) is 18.7 Å². The van der Waals surface area contributed by atoms with Crippen molar-refractivity contribution in [1.29, 1.82) is 0 Å². The highest BCUT2D eigenvalue weighted by Crippen LogP contribution is 2.33. The molecule has 1 saturated carbocycles. The number of amides is 1. The van der Waals surface area contributed by atoms with E-state index in [-0.39, 0.29) is 24.0 Å². The third-order valence-electron chi connectivity index (χ3n) is 6.73. The van der Waals surface area contributed by atoms with E-state index in [1.54, 1.807) is 41.3 Å². The molecule has 8 nitrogen and oxygen atoms in total. The van der Waals surface area contributed by atoms with Crippen LogP contribution in [0.25, 0.3) is 28.0 Å². The minimum Gasteiger partial charge on any atom is -0.347 e. The number of hydrogen-bond donors (Lipinski definition) is 2. The Balaban J connectivity index is 1.20. The molecule has 1 fully saturated rings. The molecule has 6 rings (SSSR count). The van der Waals surface area contributed by atoms with Gasteiger partial charge in [0.1, 0.15) is 29.3 Å². The van der Waals surface area contributed by atoms with Crippen LogP contribution in [0.4, 0.5) is 8.78 Å². The van der Waals surface area contributed by atoms with Gasteiger partial charge in [0.15, 0.2) is 11.3 Å². The second-order valence-corrected chi connectivity index (χ2v) is 9.17. The number of rotatable bonds is 6. The lowest BCUT2D eigenvalue weighted by Crippen LogP contribution is -2.24. The number of aromatic nitrogens is 6. The van der Waals surface area contributed by atoms with Gasteiger partial charge < -0.3 is 10.3 Å². The number of H-pyrrole nitrogens is 1. The van der Waals surface area contributed by atoms with Gasteiger partial charge in [-0.2, -0.15) is 5.10 Å². The third-order valence-corrected chi connectivity index (χ3v) is 6.73. The molecule has 0 atom stereocenters. The van der Waals surface area contributed by atoms with E-state index in [4.69, 9.17) is 0 Å². The van der Waals surface area contributed by atoms with Gasteiger partial charge in [-0.05, 0) is 54.8 Å². The van der Waals surface area contributed by atoms with Crippen LogP contribution in [0, 0.1) is 11.6 Å². The van der Waals surface area contributed by atoms with Crippen LogP contribution in [0.15, 0.2) is 61.2 Å². The molecule has 2 aromatic carbocycles. The summed E-state index contributed by atoms with van der Waals surface area (Å²) in [5.74, 6) is 0.0788. The summed E-state index contributed by atoms with van der Waals surface area (Å²) >= 11 is 0. The fourth-order valence-electron chi connectivity index (χ4n) is 4.78. The topological polar surface area (TPSA) is 101 Å². The maximum atomic E-state index is 14.7. The van der Waals surface area contributed by atoms with Gasteiger partial charge in [-0.15, -0.1) is 0 Å².